The number of benzene rings is 1. The van der Waals surface area contributed by atoms with Crippen LogP contribution in [-0.4, -0.2) is 12.1 Å². The highest BCUT2D eigenvalue weighted by Crippen LogP contribution is 2.38. The van der Waals surface area contributed by atoms with Crippen LogP contribution in [0.15, 0.2) is 24.3 Å². The van der Waals surface area contributed by atoms with Crippen molar-refractivity contribution in [3.8, 4) is 0 Å². The SMILES string of the molecule is CCC1CCCCC1NC1CC(c2cccc(F)c2)C1. The Morgan fingerprint density at radius 2 is 2.00 bits per heavy atom. The molecular weight excluding hydrogens is 249 g/mol. The van der Waals surface area contributed by atoms with Crippen molar-refractivity contribution in [1.29, 1.82) is 0 Å². The zero-order valence-corrected chi connectivity index (χ0v) is 12.4. The molecule has 1 N–H and O–H groups in total. The van der Waals surface area contributed by atoms with Gasteiger partial charge in [-0.25, -0.2) is 4.39 Å². The van der Waals surface area contributed by atoms with E-state index in [4.69, 9.17) is 0 Å². The van der Waals surface area contributed by atoms with Crippen LogP contribution in [0.5, 0.6) is 0 Å². The van der Waals surface area contributed by atoms with Gasteiger partial charge in [0.2, 0.25) is 0 Å². The Kier molecular flexibility index (Phi) is 4.40. The van der Waals surface area contributed by atoms with Crippen LogP contribution in [0.1, 0.15) is 63.4 Å². The third kappa shape index (κ3) is 3.06. The van der Waals surface area contributed by atoms with Crippen LogP contribution in [0.3, 0.4) is 0 Å². The van der Waals surface area contributed by atoms with E-state index in [1.54, 1.807) is 6.07 Å². The second-order valence-corrected chi connectivity index (χ2v) is 6.65. The summed E-state index contributed by atoms with van der Waals surface area (Å²) in [5, 5.41) is 3.88. The normalized spacial score (nSPS) is 33.7. The van der Waals surface area contributed by atoms with Crippen LogP contribution in [0.4, 0.5) is 4.39 Å². The van der Waals surface area contributed by atoms with E-state index >= 15 is 0 Å². The van der Waals surface area contributed by atoms with Gasteiger partial charge in [-0.1, -0.05) is 38.3 Å². The molecule has 0 bridgehead atoms. The second-order valence-electron chi connectivity index (χ2n) is 6.65. The van der Waals surface area contributed by atoms with Crippen molar-refractivity contribution in [1.82, 2.24) is 5.32 Å². The van der Waals surface area contributed by atoms with Crippen molar-refractivity contribution >= 4 is 0 Å². The number of hydrogen-bond acceptors (Lipinski definition) is 1. The molecule has 1 aromatic carbocycles. The van der Waals surface area contributed by atoms with Gasteiger partial charge >= 0.3 is 0 Å². The Balaban J connectivity index is 1.50. The lowest BCUT2D eigenvalue weighted by atomic mass is 9.74. The molecule has 0 saturated heterocycles. The maximum Gasteiger partial charge on any atom is 0.123 e. The van der Waals surface area contributed by atoms with Gasteiger partial charge in [0.25, 0.3) is 0 Å². The summed E-state index contributed by atoms with van der Waals surface area (Å²) in [6.45, 7) is 2.32. The van der Waals surface area contributed by atoms with E-state index in [1.807, 2.05) is 6.07 Å². The Morgan fingerprint density at radius 3 is 2.75 bits per heavy atom. The summed E-state index contributed by atoms with van der Waals surface area (Å²) in [5.41, 5.74) is 1.18. The maximum atomic E-state index is 13.2. The molecule has 1 aromatic rings. The highest BCUT2D eigenvalue weighted by atomic mass is 19.1. The molecule has 3 rings (SSSR count). The molecule has 0 aromatic heterocycles. The minimum absolute atomic E-state index is 0.0998. The molecule has 2 fully saturated rings. The number of rotatable bonds is 4. The smallest absolute Gasteiger partial charge is 0.123 e. The van der Waals surface area contributed by atoms with Crippen LogP contribution < -0.4 is 5.32 Å². The van der Waals surface area contributed by atoms with Gasteiger partial charge in [0, 0.05) is 12.1 Å². The van der Waals surface area contributed by atoms with E-state index in [0.717, 1.165) is 12.0 Å². The summed E-state index contributed by atoms with van der Waals surface area (Å²) in [5.74, 6) is 1.33. The number of hydrogen-bond donors (Lipinski definition) is 1. The molecule has 2 aliphatic rings. The molecule has 0 radical (unpaired) electrons. The van der Waals surface area contributed by atoms with Crippen LogP contribution in [0, 0.1) is 11.7 Å². The van der Waals surface area contributed by atoms with Crippen molar-refractivity contribution in [2.24, 2.45) is 5.92 Å². The zero-order chi connectivity index (χ0) is 13.9. The lowest BCUT2D eigenvalue weighted by Crippen LogP contribution is -2.49. The van der Waals surface area contributed by atoms with Crippen molar-refractivity contribution in [3.63, 3.8) is 0 Å². The van der Waals surface area contributed by atoms with Gasteiger partial charge in [0.1, 0.15) is 5.82 Å². The van der Waals surface area contributed by atoms with Crippen molar-refractivity contribution in [3.05, 3.63) is 35.6 Å². The van der Waals surface area contributed by atoms with Gasteiger partial charge in [0.05, 0.1) is 0 Å². The van der Waals surface area contributed by atoms with Gasteiger partial charge in [-0.15, -0.1) is 0 Å². The fraction of sp³-hybridized carbons (Fsp3) is 0.667. The summed E-state index contributed by atoms with van der Waals surface area (Å²) in [7, 11) is 0. The first-order chi connectivity index (χ1) is 9.76. The quantitative estimate of drug-likeness (QED) is 0.844. The molecule has 0 amide bonds. The molecule has 0 heterocycles. The predicted octanol–water partition coefficient (Wildman–Crippen LogP) is 4.63. The molecule has 2 aliphatic carbocycles. The summed E-state index contributed by atoms with van der Waals surface area (Å²) in [4.78, 5) is 0. The second kappa shape index (κ2) is 6.26. The lowest BCUT2D eigenvalue weighted by molar-refractivity contribution is 0.189. The van der Waals surface area contributed by atoms with Crippen LogP contribution >= 0.6 is 0 Å². The molecule has 2 atom stereocenters. The lowest BCUT2D eigenvalue weighted by Gasteiger charge is -2.42. The third-order valence-corrected chi connectivity index (χ3v) is 5.34. The maximum absolute atomic E-state index is 13.2. The van der Waals surface area contributed by atoms with Crippen LogP contribution in [0.25, 0.3) is 0 Å². The molecule has 2 heteroatoms. The highest BCUT2D eigenvalue weighted by Gasteiger charge is 2.34. The van der Waals surface area contributed by atoms with Crippen molar-refractivity contribution in [2.45, 2.75) is 69.9 Å². The molecular formula is C18H26FN. The minimum atomic E-state index is -0.0998. The van der Waals surface area contributed by atoms with E-state index in [9.17, 15) is 4.39 Å². The average molecular weight is 275 g/mol. The number of halogens is 1. The van der Waals surface area contributed by atoms with E-state index in [1.165, 1.54) is 56.6 Å². The zero-order valence-electron chi connectivity index (χ0n) is 12.4. The summed E-state index contributed by atoms with van der Waals surface area (Å²) < 4.78 is 13.2. The Labute approximate surface area is 122 Å². The Hall–Kier alpha value is -0.890. The predicted molar refractivity (Wildman–Crippen MR) is 81.3 cm³/mol. The minimum Gasteiger partial charge on any atom is -0.311 e. The average Bonchev–Trinajstić information content (AvgIpc) is 2.42. The first-order valence-electron chi connectivity index (χ1n) is 8.27. The molecule has 1 nitrogen and oxygen atoms in total. The largest absolute Gasteiger partial charge is 0.311 e. The van der Waals surface area contributed by atoms with E-state index in [2.05, 4.69) is 18.3 Å². The van der Waals surface area contributed by atoms with E-state index in [0.29, 0.717) is 12.0 Å². The van der Waals surface area contributed by atoms with E-state index < -0.39 is 0 Å². The Bertz CT molecular complexity index is 439. The molecule has 0 spiro atoms. The molecule has 2 saturated carbocycles. The standard InChI is InChI=1S/C18H26FN/c1-2-13-6-3-4-9-18(13)20-17-11-15(12-17)14-7-5-8-16(19)10-14/h5,7-8,10,13,15,17-18,20H,2-4,6,9,11-12H2,1H3. The van der Waals surface area contributed by atoms with Gasteiger partial charge in [-0.2, -0.15) is 0 Å². The number of nitrogens with one attached hydrogen (secondary N) is 1. The monoisotopic (exact) mass is 275 g/mol. The van der Waals surface area contributed by atoms with Gasteiger partial charge in [-0.3, -0.25) is 0 Å². The summed E-state index contributed by atoms with van der Waals surface area (Å²) >= 11 is 0. The highest BCUT2D eigenvalue weighted by molar-refractivity contribution is 5.23. The fourth-order valence-corrected chi connectivity index (χ4v) is 4.01. The van der Waals surface area contributed by atoms with Gasteiger partial charge < -0.3 is 5.32 Å². The van der Waals surface area contributed by atoms with Crippen molar-refractivity contribution < 1.29 is 4.39 Å². The van der Waals surface area contributed by atoms with Crippen LogP contribution in [0.2, 0.25) is 0 Å². The van der Waals surface area contributed by atoms with Gasteiger partial charge in [-0.05, 0) is 55.2 Å². The first-order valence-corrected chi connectivity index (χ1v) is 8.27. The Morgan fingerprint density at radius 1 is 1.20 bits per heavy atom. The fourth-order valence-electron chi connectivity index (χ4n) is 4.01. The molecule has 2 unspecified atom stereocenters. The summed E-state index contributed by atoms with van der Waals surface area (Å²) in [6.07, 6.45) is 9.19. The van der Waals surface area contributed by atoms with Crippen molar-refractivity contribution in [2.75, 3.05) is 0 Å². The first kappa shape index (κ1) is 14.1. The molecule has 0 aliphatic heterocycles. The summed E-state index contributed by atoms with van der Waals surface area (Å²) in [6, 6.07) is 8.52. The molecule has 110 valence electrons. The van der Waals surface area contributed by atoms with Gasteiger partial charge in [0.15, 0.2) is 0 Å². The van der Waals surface area contributed by atoms with E-state index in [-0.39, 0.29) is 5.82 Å². The third-order valence-electron chi connectivity index (χ3n) is 5.34. The van der Waals surface area contributed by atoms with Crippen LogP contribution in [-0.2, 0) is 0 Å². The topological polar surface area (TPSA) is 12.0 Å². The molecule has 20 heavy (non-hydrogen) atoms.